The van der Waals surface area contributed by atoms with Crippen molar-refractivity contribution in [2.75, 3.05) is 13.2 Å². The Morgan fingerprint density at radius 3 is 2.64 bits per heavy atom. The number of ether oxygens (including phenoxy) is 1. The van der Waals surface area contributed by atoms with Crippen LogP contribution in [0.4, 0.5) is 8.78 Å². The minimum atomic E-state index is -0.619. The van der Waals surface area contributed by atoms with Crippen LogP contribution in [0.25, 0.3) is 0 Å². The molecule has 0 saturated carbocycles. The molecule has 0 bridgehead atoms. The molecule has 0 unspecified atom stereocenters. The molecule has 1 rings (SSSR count). The van der Waals surface area contributed by atoms with Crippen molar-refractivity contribution in [1.29, 1.82) is 0 Å². The summed E-state index contributed by atoms with van der Waals surface area (Å²) in [4.78, 5) is 0. The lowest BCUT2D eigenvalue weighted by molar-refractivity contribution is 0.0798. The van der Waals surface area contributed by atoms with E-state index in [4.69, 9.17) is 9.84 Å². The van der Waals surface area contributed by atoms with Crippen molar-refractivity contribution < 1.29 is 18.6 Å². The van der Waals surface area contributed by atoms with E-state index in [0.717, 1.165) is 6.07 Å². The first-order chi connectivity index (χ1) is 6.65. The van der Waals surface area contributed by atoms with Crippen LogP contribution in [0.15, 0.2) is 12.1 Å². The van der Waals surface area contributed by atoms with Crippen LogP contribution >= 0.6 is 0 Å². The fourth-order valence-corrected chi connectivity index (χ4v) is 1.07. The molecule has 0 aliphatic carbocycles. The number of hydrogen-bond acceptors (Lipinski definition) is 2. The number of aryl methyl sites for hydroxylation is 1. The minimum Gasteiger partial charge on any atom is -0.394 e. The number of halogens is 2. The van der Waals surface area contributed by atoms with Gasteiger partial charge in [0, 0.05) is 11.6 Å². The van der Waals surface area contributed by atoms with Gasteiger partial charge in [-0.25, -0.2) is 8.78 Å². The molecule has 1 aromatic rings. The van der Waals surface area contributed by atoms with Crippen molar-refractivity contribution in [2.24, 2.45) is 0 Å². The monoisotopic (exact) mass is 202 g/mol. The van der Waals surface area contributed by atoms with Crippen LogP contribution in [-0.2, 0) is 11.3 Å². The van der Waals surface area contributed by atoms with Gasteiger partial charge in [0.2, 0.25) is 0 Å². The zero-order valence-corrected chi connectivity index (χ0v) is 7.89. The molecule has 0 amide bonds. The van der Waals surface area contributed by atoms with E-state index in [1.807, 2.05) is 0 Å². The van der Waals surface area contributed by atoms with E-state index >= 15 is 0 Å². The van der Waals surface area contributed by atoms with Gasteiger partial charge >= 0.3 is 0 Å². The summed E-state index contributed by atoms with van der Waals surface area (Å²) >= 11 is 0. The molecule has 0 fully saturated rings. The third-order valence-corrected chi connectivity index (χ3v) is 1.82. The van der Waals surface area contributed by atoms with E-state index < -0.39 is 11.6 Å². The highest BCUT2D eigenvalue weighted by atomic mass is 19.1. The highest BCUT2D eigenvalue weighted by molar-refractivity contribution is 5.25. The summed E-state index contributed by atoms with van der Waals surface area (Å²) in [6.45, 7) is 1.65. The zero-order valence-electron chi connectivity index (χ0n) is 7.89. The second kappa shape index (κ2) is 5.02. The van der Waals surface area contributed by atoms with Crippen molar-refractivity contribution in [3.63, 3.8) is 0 Å². The summed E-state index contributed by atoms with van der Waals surface area (Å²) in [5.74, 6) is -1.18. The SMILES string of the molecule is Cc1cc(COCCO)c(F)cc1F. The van der Waals surface area contributed by atoms with Gasteiger partial charge in [-0.3, -0.25) is 0 Å². The topological polar surface area (TPSA) is 29.5 Å². The van der Waals surface area contributed by atoms with Crippen LogP contribution in [0.1, 0.15) is 11.1 Å². The first kappa shape index (κ1) is 11.1. The Labute approximate surface area is 81.1 Å². The molecule has 0 radical (unpaired) electrons. The van der Waals surface area contributed by atoms with Gasteiger partial charge in [-0.2, -0.15) is 0 Å². The number of hydrogen-bond donors (Lipinski definition) is 1. The van der Waals surface area contributed by atoms with E-state index in [0.29, 0.717) is 11.1 Å². The molecule has 78 valence electrons. The molecule has 2 nitrogen and oxygen atoms in total. The molecule has 14 heavy (non-hydrogen) atoms. The Morgan fingerprint density at radius 2 is 2.00 bits per heavy atom. The molecule has 0 aliphatic heterocycles. The van der Waals surface area contributed by atoms with E-state index in [1.54, 1.807) is 6.92 Å². The summed E-state index contributed by atoms with van der Waals surface area (Å²) in [6.07, 6.45) is 0. The molecular weight excluding hydrogens is 190 g/mol. The highest BCUT2D eigenvalue weighted by Crippen LogP contribution is 2.14. The molecule has 0 aliphatic rings. The third-order valence-electron chi connectivity index (χ3n) is 1.82. The largest absolute Gasteiger partial charge is 0.394 e. The van der Waals surface area contributed by atoms with Gasteiger partial charge in [-0.05, 0) is 18.6 Å². The number of aliphatic hydroxyl groups excluding tert-OH is 1. The van der Waals surface area contributed by atoms with Crippen LogP contribution in [-0.4, -0.2) is 18.3 Å². The van der Waals surface area contributed by atoms with Gasteiger partial charge < -0.3 is 9.84 Å². The number of aliphatic hydroxyl groups is 1. The Kier molecular flexibility index (Phi) is 3.98. The molecule has 0 saturated heterocycles. The maximum atomic E-state index is 13.1. The maximum Gasteiger partial charge on any atom is 0.131 e. The summed E-state index contributed by atoms with van der Waals surface area (Å²) in [5.41, 5.74) is 0.686. The lowest BCUT2D eigenvalue weighted by Gasteiger charge is -2.05. The predicted octanol–water partition coefficient (Wildman–Crippen LogP) is 1.78. The Morgan fingerprint density at radius 1 is 1.29 bits per heavy atom. The summed E-state index contributed by atoms with van der Waals surface area (Å²) in [6, 6.07) is 2.25. The molecule has 4 heteroatoms. The normalized spacial score (nSPS) is 10.6. The van der Waals surface area contributed by atoms with Gasteiger partial charge in [0.1, 0.15) is 11.6 Å². The summed E-state index contributed by atoms with van der Waals surface area (Å²) in [5, 5.41) is 8.43. The fraction of sp³-hybridized carbons (Fsp3) is 0.400. The van der Waals surface area contributed by atoms with Gasteiger partial charge in [-0.15, -0.1) is 0 Å². The number of rotatable bonds is 4. The Hall–Kier alpha value is -1.00. The lowest BCUT2D eigenvalue weighted by Crippen LogP contribution is -2.02. The van der Waals surface area contributed by atoms with Crippen molar-refractivity contribution in [2.45, 2.75) is 13.5 Å². The smallest absolute Gasteiger partial charge is 0.131 e. The second-order valence-corrected chi connectivity index (χ2v) is 2.97. The van der Waals surface area contributed by atoms with Crippen LogP contribution in [0.5, 0.6) is 0 Å². The maximum absolute atomic E-state index is 13.1. The molecule has 0 spiro atoms. The standard InChI is InChI=1S/C10H12F2O2/c1-7-4-8(6-14-3-2-13)10(12)5-9(7)11/h4-5,13H,2-3,6H2,1H3. The minimum absolute atomic E-state index is 0.0491. The molecular formula is C10H12F2O2. The van der Waals surface area contributed by atoms with E-state index in [-0.39, 0.29) is 19.8 Å². The van der Waals surface area contributed by atoms with Gasteiger partial charge in [0.05, 0.1) is 19.8 Å². The highest BCUT2D eigenvalue weighted by Gasteiger charge is 2.06. The van der Waals surface area contributed by atoms with Crippen LogP contribution in [0, 0.1) is 18.6 Å². The first-order valence-electron chi connectivity index (χ1n) is 4.28. The van der Waals surface area contributed by atoms with Gasteiger partial charge in [-0.1, -0.05) is 0 Å². The average molecular weight is 202 g/mol. The zero-order chi connectivity index (χ0) is 10.6. The quantitative estimate of drug-likeness (QED) is 0.754. The van der Waals surface area contributed by atoms with Gasteiger partial charge in [0.25, 0.3) is 0 Å². The second-order valence-electron chi connectivity index (χ2n) is 2.97. The van der Waals surface area contributed by atoms with E-state index in [1.165, 1.54) is 6.07 Å². The third kappa shape index (κ3) is 2.75. The van der Waals surface area contributed by atoms with Crippen molar-refractivity contribution in [3.8, 4) is 0 Å². The van der Waals surface area contributed by atoms with E-state index in [9.17, 15) is 8.78 Å². The molecule has 0 atom stereocenters. The van der Waals surface area contributed by atoms with Crippen molar-refractivity contribution >= 4 is 0 Å². The average Bonchev–Trinajstić information content (AvgIpc) is 2.14. The van der Waals surface area contributed by atoms with Crippen molar-refractivity contribution in [3.05, 3.63) is 34.9 Å². The fourth-order valence-electron chi connectivity index (χ4n) is 1.07. The molecule has 0 aromatic heterocycles. The Balaban J connectivity index is 2.72. The first-order valence-corrected chi connectivity index (χ1v) is 4.28. The van der Waals surface area contributed by atoms with E-state index in [2.05, 4.69) is 0 Å². The molecule has 0 heterocycles. The summed E-state index contributed by atoms with van der Waals surface area (Å²) in [7, 11) is 0. The number of benzene rings is 1. The summed E-state index contributed by atoms with van der Waals surface area (Å²) < 4.78 is 30.8. The van der Waals surface area contributed by atoms with Crippen LogP contribution in [0.3, 0.4) is 0 Å². The van der Waals surface area contributed by atoms with Crippen LogP contribution < -0.4 is 0 Å². The predicted molar refractivity (Wildman–Crippen MR) is 47.8 cm³/mol. The van der Waals surface area contributed by atoms with Crippen molar-refractivity contribution in [1.82, 2.24) is 0 Å². The Bertz CT molecular complexity index is 313. The molecule has 1 aromatic carbocycles. The van der Waals surface area contributed by atoms with Crippen LogP contribution in [0.2, 0.25) is 0 Å². The molecule has 1 N–H and O–H groups in total. The lowest BCUT2D eigenvalue weighted by atomic mass is 10.1. The van der Waals surface area contributed by atoms with Gasteiger partial charge in [0.15, 0.2) is 0 Å².